The number of ether oxygens (including phenoxy) is 6. The summed E-state index contributed by atoms with van der Waals surface area (Å²) in [6, 6.07) is 0. The molecule has 9 aromatic rings. The van der Waals surface area contributed by atoms with E-state index < -0.39 is 230 Å². The second-order valence-electron chi connectivity index (χ2n) is 28.9. The number of H-pyrrole nitrogens is 4. The van der Waals surface area contributed by atoms with Crippen molar-refractivity contribution in [3.63, 3.8) is 0 Å². The molecule has 0 spiro atoms. The van der Waals surface area contributed by atoms with Gasteiger partial charge >= 0.3 is 17.1 Å². The molecule has 6 fully saturated rings. The summed E-state index contributed by atoms with van der Waals surface area (Å²) in [4.78, 5) is 203. The standard InChI is InChI=1S/C61H79N21O31P6S6/c1-25-12-77(59(87)74-54(25)83)40-6-29(28(4)102-40)108-115(91,121)97-17-37-32(9-43(105-37)80-22-69-46-49(62)65-20-67-51(46)80)111-119(95,125)100-18-38-33(10-44(106-38)81-23-70-47-50(63)66-21-68-52(47)81)112-118(94,124)99-16-36-31(8-42(104-36)79-14-27(3)56(85)76-61(79)89)110-116(92,122)101-19-39-34(11-45(107-39)82-24-71-48-53(82)72-58(64)73-57(48)86)113-117(93,123)98-15-35-30(109-114(90,120)96-5)7-41(103-35)78-13-26(2)55(84)75-60(78)88/h12-14,20-24,28-45H,6-11,15-19H2,1-5H3,(H,90,120)(H,91,121)(H,92,122)(H,93,123)(H,94,124)(H,95,125)(H2,62,65,67)(H2,63,66,68)(H,74,83,87)(H,75,84,88)(H,76,85,89)(H3,64,72,73,86)/p-6/t28-,29?,30?,31?,32?,33?,34?,35-,36-,37-,38-,39-,40-,41-,42-,43-,44-,45-,114?,115?,116?,117?,118?,119?/m1/s1. The van der Waals surface area contributed by atoms with Crippen molar-refractivity contribution in [2.75, 3.05) is 57.3 Å². The van der Waals surface area contributed by atoms with Crippen molar-refractivity contribution in [3.8, 4) is 0 Å². The van der Waals surface area contributed by atoms with E-state index in [1.165, 1.54) is 72.2 Å². The van der Waals surface area contributed by atoms with E-state index in [4.69, 9.17) is 171 Å². The largest absolute Gasteiger partial charge is 0.780 e. The van der Waals surface area contributed by atoms with Crippen molar-refractivity contribution in [1.29, 1.82) is 0 Å². The number of imidazole rings is 3. The number of nitrogens with zero attached hydrogens (tertiary/aromatic N) is 14. The van der Waals surface area contributed by atoms with Crippen molar-refractivity contribution in [1.82, 2.24) is 87.2 Å². The van der Waals surface area contributed by atoms with E-state index in [0.29, 0.717) is 0 Å². The highest BCUT2D eigenvalue weighted by molar-refractivity contribution is 8.32. The molecule has 0 amide bonds. The van der Waals surface area contributed by atoms with Crippen LogP contribution in [0.5, 0.6) is 0 Å². The Kier molecular flexibility index (Phi) is 27.8. The molecule has 6 saturated heterocycles. The maximum absolute atomic E-state index is 14.9. The van der Waals surface area contributed by atoms with Crippen LogP contribution in [0.25, 0.3) is 33.5 Å². The Hall–Kier alpha value is -6.20. The van der Waals surface area contributed by atoms with Gasteiger partial charge in [-0.05, 0) is 27.7 Å². The highest BCUT2D eigenvalue weighted by Gasteiger charge is 2.48. The zero-order valence-corrected chi connectivity index (χ0v) is 75.3. The van der Waals surface area contributed by atoms with Crippen molar-refractivity contribution >= 4 is 163 Å². The second kappa shape index (κ2) is 37.2. The van der Waals surface area contributed by atoms with Gasteiger partial charge in [-0.15, -0.1) is 0 Å². The van der Waals surface area contributed by atoms with Crippen LogP contribution in [0.15, 0.2) is 83.8 Å². The van der Waals surface area contributed by atoms with Crippen LogP contribution in [-0.4, -0.2) is 201 Å². The number of aromatic nitrogens is 18. The van der Waals surface area contributed by atoms with Crippen LogP contribution in [0.4, 0.5) is 17.6 Å². The lowest BCUT2D eigenvalue weighted by Gasteiger charge is -2.36. The first-order valence-corrected chi connectivity index (χ1v) is 52.5. The van der Waals surface area contributed by atoms with Crippen molar-refractivity contribution in [2.45, 2.75) is 177 Å². The summed E-state index contributed by atoms with van der Waals surface area (Å²) in [5, 5.41) is 0. The molecule has 10 N–H and O–H groups in total. The summed E-state index contributed by atoms with van der Waals surface area (Å²) in [6.45, 7) is -26.5. The summed E-state index contributed by atoms with van der Waals surface area (Å²) < 4.78 is 129. The zero-order valence-electron chi connectivity index (χ0n) is 65.1. The van der Waals surface area contributed by atoms with Crippen molar-refractivity contribution in [3.05, 3.63) is 140 Å². The van der Waals surface area contributed by atoms with Crippen LogP contribution in [0.2, 0.25) is 0 Å². The maximum atomic E-state index is 14.9. The van der Waals surface area contributed by atoms with Gasteiger partial charge in [0, 0.05) is 80.9 Å². The third-order valence-corrected chi connectivity index (χ3v) is 30.1. The van der Waals surface area contributed by atoms with Gasteiger partial charge in [0.25, 0.3) is 22.2 Å². The SMILES string of the molecule is COP([O-])(=S)OC1C[C@H](n2cc(C)c(=O)[nH]c2=O)O[C@@H]1COP([O-])(=S)OC1C[C@H](n2cnc3c(=O)[nH]c(N)nc32)O[C@@H]1COP([O-])(=S)OC1C[C@H](n2cc(C)c(=O)[nH]c2=O)O[C@@H]1COP(=O)([S-])OC1C[C@H](n2cnc3c(N)ncnc32)O[C@@H]1COP([O-])(=S)OC1C[C@H](n2cnc3c(N)ncnc32)O[C@@H]1COP([O-])(=S)OC1C[C@H](n2cc(C)c(=O)[nH]c2=O)O[C@@H]1C. The average Bonchev–Trinajstić information content (AvgIpc) is 1.63. The van der Waals surface area contributed by atoms with Crippen molar-refractivity contribution < 1.29 is 112 Å². The lowest BCUT2D eigenvalue weighted by atomic mass is 10.2. The molecule has 52 nitrogen and oxygen atoms in total. The number of aryl methyl sites for hydroxylation is 3. The zero-order chi connectivity index (χ0) is 89.5. The molecule has 9 aromatic heterocycles. The third kappa shape index (κ3) is 21.4. The van der Waals surface area contributed by atoms with E-state index in [1.807, 2.05) is 0 Å². The average molecular weight is 1970 g/mol. The van der Waals surface area contributed by atoms with Crippen molar-refractivity contribution in [2.24, 2.45) is 0 Å². The molecule has 680 valence electrons. The van der Waals surface area contributed by atoms with Crippen LogP contribution < -0.4 is 81.0 Å². The summed E-state index contributed by atoms with van der Waals surface area (Å²) in [5.41, 5.74) is 13.5. The van der Waals surface area contributed by atoms with Gasteiger partial charge in [0.1, 0.15) is 125 Å². The van der Waals surface area contributed by atoms with E-state index in [0.717, 1.165) is 33.3 Å². The minimum atomic E-state index is -4.98. The van der Waals surface area contributed by atoms with Gasteiger partial charge < -0.3 is 137 Å². The van der Waals surface area contributed by atoms with E-state index in [1.54, 1.807) is 6.92 Å². The highest BCUT2D eigenvalue weighted by atomic mass is 32.7. The first-order valence-electron chi connectivity index (χ1n) is 37.2. The van der Waals surface area contributed by atoms with E-state index in [9.17, 15) is 62.6 Å². The Balaban J connectivity index is 0.643. The number of aromatic amines is 4. The molecule has 15 rings (SSSR count). The highest BCUT2D eigenvalue weighted by Crippen LogP contribution is 2.56. The Morgan fingerprint density at radius 1 is 0.416 bits per heavy atom. The Morgan fingerprint density at radius 3 is 1.09 bits per heavy atom. The topological polar surface area (TPSA) is 692 Å². The van der Waals surface area contributed by atoms with Gasteiger partial charge in [0.2, 0.25) is 5.95 Å². The fourth-order valence-corrected chi connectivity index (χ4v) is 22.8. The summed E-state index contributed by atoms with van der Waals surface area (Å²) >= 11 is 32.4. The molecule has 125 heavy (non-hydrogen) atoms. The lowest BCUT2D eigenvalue weighted by Crippen LogP contribution is -2.34. The number of anilines is 3. The lowest BCUT2D eigenvalue weighted by molar-refractivity contribution is -0.221. The second-order valence-corrected chi connectivity index (χ2v) is 45.3. The summed E-state index contributed by atoms with van der Waals surface area (Å²) in [5.74, 6) is -0.320. The normalized spacial score (nSPS) is 29.5. The number of nitrogens with one attached hydrogen (secondary N) is 4. The molecular weight excluding hydrogens is 1900 g/mol. The van der Waals surface area contributed by atoms with Crippen LogP contribution >= 0.6 is 40.4 Å². The first-order chi connectivity index (χ1) is 58.9. The van der Waals surface area contributed by atoms with Crippen LogP contribution in [-0.2, 0) is 159 Å². The van der Waals surface area contributed by atoms with E-state index in [-0.39, 0.29) is 99.9 Å². The van der Waals surface area contributed by atoms with Crippen LogP contribution in [0, 0.1) is 20.8 Å². The fourth-order valence-electron chi connectivity index (χ4n) is 14.5. The first kappa shape index (κ1) is 93.5. The predicted molar refractivity (Wildman–Crippen MR) is 439 cm³/mol. The summed E-state index contributed by atoms with van der Waals surface area (Å²) in [6.07, 6.45) is -15.2. The number of rotatable bonds is 34. The van der Waals surface area contributed by atoms with Gasteiger partial charge in [-0.1, -0.05) is 59.0 Å². The number of hydrogen-bond donors (Lipinski definition) is 7. The number of nitrogen functional groups attached to an aromatic ring is 3. The molecular formula is C61H73N21O31P6S6-6. The predicted octanol–water partition coefficient (Wildman–Crippen LogP) is -2.51. The Bertz CT molecular complexity index is 6380. The molecule has 0 aromatic carbocycles. The minimum absolute atomic E-state index is 0.0174. The molecule has 64 heteroatoms. The number of fused-ring (bicyclic) bond motifs is 3. The van der Waals surface area contributed by atoms with Crippen LogP contribution in [0.1, 0.15) is 99.5 Å². The number of hydrogen-bond acceptors (Lipinski definition) is 48. The Morgan fingerprint density at radius 2 is 0.720 bits per heavy atom. The van der Waals surface area contributed by atoms with E-state index >= 15 is 0 Å². The minimum Gasteiger partial charge on any atom is -0.780 e. The molecule has 12 unspecified atom stereocenters. The molecule has 0 aliphatic carbocycles. The third-order valence-electron chi connectivity index (χ3n) is 20.6. The molecule has 0 saturated carbocycles. The molecule has 24 atom stereocenters. The quantitative estimate of drug-likeness (QED) is 0.0162. The monoisotopic (exact) mass is 1970 g/mol. The van der Waals surface area contributed by atoms with Gasteiger partial charge in [-0.3, -0.25) is 71.1 Å². The molecule has 0 bridgehead atoms. The molecule has 15 heterocycles. The van der Waals surface area contributed by atoms with Crippen LogP contribution in [0.3, 0.4) is 0 Å². The fraction of sp³-hybridized carbons (Fsp3) is 0.557. The van der Waals surface area contributed by atoms with Gasteiger partial charge in [0.15, 0.2) is 40.9 Å². The van der Waals surface area contributed by atoms with Gasteiger partial charge in [-0.2, -0.15) is 4.98 Å². The smallest absolute Gasteiger partial charge is 0.330 e. The molecule has 0 radical (unpaired) electrons. The van der Waals surface area contributed by atoms with Gasteiger partial charge in [0.05, 0.1) is 94.7 Å². The Labute approximate surface area is 731 Å². The molecule has 6 aliphatic heterocycles. The van der Waals surface area contributed by atoms with Gasteiger partial charge in [-0.25, -0.2) is 49.3 Å². The molecule has 6 aliphatic rings. The maximum Gasteiger partial charge on any atom is 0.330 e. The van der Waals surface area contributed by atoms with E-state index in [2.05, 4.69) is 59.8 Å². The number of nitrogens with two attached hydrogens (primary N) is 3. The summed E-state index contributed by atoms with van der Waals surface area (Å²) in [7, 11) is 1.02.